The molecule has 0 bridgehead atoms. The molecule has 0 aromatic heterocycles. The number of urea groups is 1. The Balaban J connectivity index is 1.50. The van der Waals surface area contributed by atoms with Gasteiger partial charge < -0.3 is 16.0 Å². The zero-order chi connectivity index (χ0) is 23.1. The number of hydrogen-bond donors (Lipinski definition) is 3. The first-order valence-corrected chi connectivity index (χ1v) is 10.9. The second kappa shape index (κ2) is 10.6. The summed E-state index contributed by atoms with van der Waals surface area (Å²) in [5.74, 6) is -0.705. The number of thioether (sulfide) groups is 1. The first kappa shape index (κ1) is 23.1. The van der Waals surface area contributed by atoms with Crippen molar-refractivity contribution in [2.75, 3.05) is 18.4 Å². The van der Waals surface area contributed by atoms with Crippen LogP contribution in [0.5, 0.6) is 0 Å². The van der Waals surface area contributed by atoms with Crippen LogP contribution in [0.4, 0.5) is 15.3 Å². The molecule has 1 heterocycles. The second-order valence-corrected chi connectivity index (χ2v) is 8.32. The fraction of sp³-hybridized carbons (Fsp3) is 0.217. The minimum Gasteiger partial charge on any atom is -0.350 e. The van der Waals surface area contributed by atoms with Gasteiger partial charge in [-0.3, -0.25) is 19.3 Å². The van der Waals surface area contributed by atoms with E-state index in [4.69, 9.17) is 0 Å². The van der Waals surface area contributed by atoms with E-state index in [1.807, 2.05) is 44.2 Å². The molecule has 166 valence electrons. The van der Waals surface area contributed by atoms with Crippen molar-refractivity contribution in [1.82, 2.24) is 15.5 Å². The molecule has 9 heteroatoms. The Morgan fingerprint density at radius 1 is 1.03 bits per heavy atom. The molecule has 1 aliphatic rings. The number of rotatable bonds is 7. The molecule has 5 amide bonds. The van der Waals surface area contributed by atoms with Crippen molar-refractivity contribution in [1.29, 1.82) is 0 Å². The predicted octanol–water partition coefficient (Wildman–Crippen LogP) is 3.68. The quantitative estimate of drug-likeness (QED) is 0.556. The van der Waals surface area contributed by atoms with Crippen molar-refractivity contribution in [3.8, 4) is 0 Å². The number of amides is 5. The highest BCUT2D eigenvalue weighted by Crippen LogP contribution is 2.31. The highest BCUT2D eigenvalue weighted by molar-refractivity contribution is 8.18. The van der Waals surface area contributed by atoms with Gasteiger partial charge in [0, 0.05) is 30.4 Å². The summed E-state index contributed by atoms with van der Waals surface area (Å²) in [7, 11) is 0. The van der Waals surface area contributed by atoms with Gasteiger partial charge in [-0.1, -0.05) is 30.3 Å². The van der Waals surface area contributed by atoms with Crippen molar-refractivity contribution in [2.45, 2.75) is 19.9 Å². The largest absolute Gasteiger partial charge is 0.350 e. The molecule has 0 spiro atoms. The van der Waals surface area contributed by atoms with Gasteiger partial charge in [-0.25, -0.2) is 4.79 Å². The maximum atomic E-state index is 12.5. The van der Waals surface area contributed by atoms with Crippen LogP contribution in [-0.2, 0) is 4.79 Å². The minimum absolute atomic E-state index is 0.0118. The number of anilines is 1. The van der Waals surface area contributed by atoms with Crippen LogP contribution in [0.15, 0.2) is 59.5 Å². The molecule has 0 radical (unpaired) electrons. The second-order valence-electron chi connectivity index (χ2n) is 7.33. The van der Waals surface area contributed by atoms with E-state index in [2.05, 4.69) is 16.0 Å². The van der Waals surface area contributed by atoms with E-state index >= 15 is 0 Å². The third kappa shape index (κ3) is 6.21. The molecule has 3 N–H and O–H groups in total. The third-order valence-electron chi connectivity index (χ3n) is 4.42. The topological polar surface area (TPSA) is 108 Å². The van der Waals surface area contributed by atoms with E-state index < -0.39 is 0 Å². The predicted molar refractivity (Wildman–Crippen MR) is 125 cm³/mol. The fourth-order valence-electron chi connectivity index (χ4n) is 2.91. The maximum Gasteiger partial charge on any atom is 0.319 e. The normalized spacial score (nSPS) is 14.7. The fourth-order valence-corrected chi connectivity index (χ4v) is 3.78. The van der Waals surface area contributed by atoms with Crippen LogP contribution in [0.25, 0.3) is 6.08 Å². The number of hydrogen-bond acceptors (Lipinski definition) is 5. The Hall–Kier alpha value is -3.59. The first-order chi connectivity index (χ1) is 15.3. The highest BCUT2D eigenvalue weighted by Gasteiger charge is 2.34. The lowest BCUT2D eigenvalue weighted by molar-refractivity contribution is -0.122. The van der Waals surface area contributed by atoms with Crippen LogP contribution < -0.4 is 16.0 Å². The molecule has 1 saturated heterocycles. The molecular formula is C23H24N4O4S. The van der Waals surface area contributed by atoms with Crippen molar-refractivity contribution in [2.24, 2.45) is 0 Å². The molecule has 1 aliphatic heterocycles. The number of nitrogens with one attached hydrogen (secondary N) is 3. The standard InChI is InChI=1S/C23H24N4O4S/c1-15(2)25-22(30)26-18-10-8-17(9-11-18)20(28)24-12-13-27-21(29)19(32-23(27)31)14-16-6-4-3-5-7-16/h3-11,14-15H,12-13H2,1-2H3,(H,24,28)(H2,25,26,30)/b19-14-. The lowest BCUT2D eigenvalue weighted by atomic mass is 10.2. The Labute approximate surface area is 190 Å². The van der Waals surface area contributed by atoms with E-state index in [0.29, 0.717) is 16.2 Å². The van der Waals surface area contributed by atoms with Crippen LogP contribution in [0.3, 0.4) is 0 Å². The lowest BCUT2D eigenvalue weighted by Crippen LogP contribution is -2.37. The summed E-state index contributed by atoms with van der Waals surface area (Å²) >= 11 is 0.888. The van der Waals surface area contributed by atoms with E-state index in [0.717, 1.165) is 22.2 Å². The average Bonchev–Trinajstić information content (AvgIpc) is 3.01. The van der Waals surface area contributed by atoms with Gasteiger partial charge in [-0.05, 0) is 61.5 Å². The van der Waals surface area contributed by atoms with E-state index in [1.165, 1.54) is 0 Å². The monoisotopic (exact) mass is 452 g/mol. The molecule has 0 atom stereocenters. The number of carbonyl (C=O) groups is 4. The van der Waals surface area contributed by atoms with Crippen LogP contribution in [0.1, 0.15) is 29.8 Å². The Bertz CT molecular complexity index is 1040. The van der Waals surface area contributed by atoms with Crippen molar-refractivity contribution in [3.05, 3.63) is 70.6 Å². The van der Waals surface area contributed by atoms with Gasteiger partial charge in [-0.2, -0.15) is 0 Å². The third-order valence-corrected chi connectivity index (χ3v) is 5.32. The molecule has 3 rings (SSSR count). The van der Waals surface area contributed by atoms with Crippen molar-refractivity contribution in [3.63, 3.8) is 0 Å². The smallest absolute Gasteiger partial charge is 0.319 e. The number of nitrogens with zero attached hydrogens (tertiary/aromatic N) is 1. The van der Waals surface area contributed by atoms with Crippen molar-refractivity contribution < 1.29 is 19.2 Å². The van der Waals surface area contributed by atoms with Gasteiger partial charge >= 0.3 is 6.03 Å². The van der Waals surface area contributed by atoms with Gasteiger partial charge in [0.2, 0.25) is 0 Å². The summed E-state index contributed by atoms with van der Waals surface area (Å²) in [6.45, 7) is 3.93. The van der Waals surface area contributed by atoms with Gasteiger partial charge in [0.15, 0.2) is 0 Å². The maximum absolute atomic E-state index is 12.5. The number of carbonyl (C=O) groups excluding carboxylic acids is 4. The Kier molecular flexibility index (Phi) is 7.67. The summed E-state index contributed by atoms with van der Waals surface area (Å²) in [5.41, 5.74) is 1.80. The summed E-state index contributed by atoms with van der Waals surface area (Å²) in [6.07, 6.45) is 1.68. The Morgan fingerprint density at radius 2 is 1.72 bits per heavy atom. The molecule has 2 aromatic rings. The first-order valence-electron chi connectivity index (χ1n) is 10.1. The number of benzene rings is 2. The van der Waals surface area contributed by atoms with Crippen LogP contribution >= 0.6 is 11.8 Å². The molecule has 8 nitrogen and oxygen atoms in total. The minimum atomic E-state index is -0.367. The zero-order valence-corrected chi connectivity index (χ0v) is 18.6. The average molecular weight is 453 g/mol. The molecule has 0 aliphatic carbocycles. The molecule has 1 fully saturated rings. The van der Waals surface area contributed by atoms with Crippen LogP contribution in [0, 0.1) is 0 Å². The Morgan fingerprint density at radius 3 is 2.38 bits per heavy atom. The van der Waals surface area contributed by atoms with E-state index in [1.54, 1.807) is 30.3 Å². The van der Waals surface area contributed by atoms with Crippen molar-refractivity contribution >= 4 is 46.6 Å². The molecule has 0 saturated carbocycles. The lowest BCUT2D eigenvalue weighted by Gasteiger charge is -2.13. The van der Waals surface area contributed by atoms with E-state index in [-0.39, 0.29) is 42.2 Å². The highest BCUT2D eigenvalue weighted by atomic mass is 32.2. The summed E-state index contributed by atoms with van der Waals surface area (Å²) in [6, 6.07) is 15.4. The number of imide groups is 1. The van der Waals surface area contributed by atoms with Crippen LogP contribution in [-0.4, -0.2) is 47.1 Å². The molecule has 32 heavy (non-hydrogen) atoms. The van der Waals surface area contributed by atoms with Gasteiger partial charge in [0.1, 0.15) is 0 Å². The summed E-state index contributed by atoms with van der Waals surface area (Å²) in [4.78, 5) is 50.3. The molecule has 0 unspecified atom stereocenters. The van der Waals surface area contributed by atoms with Gasteiger partial charge in [-0.15, -0.1) is 0 Å². The SMILES string of the molecule is CC(C)NC(=O)Nc1ccc(C(=O)NCCN2C(=O)S/C(=C\c3ccccc3)C2=O)cc1. The van der Waals surface area contributed by atoms with Gasteiger partial charge in [0.25, 0.3) is 17.1 Å². The molecular weight excluding hydrogens is 428 g/mol. The summed E-state index contributed by atoms with van der Waals surface area (Å²) in [5, 5.41) is 7.74. The van der Waals surface area contributed by atoms with Crippen LogP contribution in [0.2, 0.25) is 0 Å². The zero-order valence-electron chi connectivity index (χ0n) is 17.8. The van der Waals surface area contributed by atoms with E-state index in [9.17, 15) is 19.2 Å². The van der Waals surface area contributed by atoms with Gasteiger partial charge in [0.05, 0.1) is 4.91 Å². The summed E-state index contributed by atoms with van der Waals surface area (Å²) < 4.78 is 0. The molecule has 2 aromatic carbocycles.